The van der Waals surface area contributed by atoms with Gasteiger partial charge in [0.25, 0.3) is 0 Å². The van der Waals surface area contributed by atoms with Gasteiger partial charge in [0, 0.05) is 12.1 Å². The van der Waals surface area contributed by atoms with Gasteiger partial charge < -0.3 is 9.57 Å². The average Bonchev–Trinajstić information content (AvgIpc) is 3.18. The van der Waals surface area contributed by atoms with Crippen LogP contribution in [0.5, 0.6) is 0 Å². The highest BCUT2D eigenvalue weighted by Gasteiger charge is 2.36. The van der Waals surface area contributed by atoms with Crippen LogP contribution in [0.15, 0.2) is 65.8 Å². The lowest BCUT2D eigenvalue weighted by molar-refractivity contribution is 0.0264. The molecule has 0 aliphatic carbocycles. The first-order chi connectivity index (χ1) is 13.8. The molecule has 0 radical (unpaired) electrons. The van der Waals surface area contributed by atoms with Crippen LogP contribution in [0.4, 0.5) is 4.79 Å². The summed E-state index contributed by atoms with van der Waals surface area (Å²) < 4.78 is 5.56. The van der Waals surface area contributed by atoms with Gasteiger partial charge >= 0.3 is 12.1 Å². The van der Waals surface area contributed by atoms with Gasteiger partial charge in [-0.3, -0.25) is 4.90 Å². The molecule has 0 spiro atoms. The molecule has 2 aromatic carbocycles. The monoisotopic (exact) mass is 394 g/mol. The Labute approximate surface area is 171 Å². The lowest BCUT2D eigenvalue weighted by Crippen LogP contribution is -2.43. The molecule has 152 valence electrons. The fraction of sp³-hybridized carbons (Fsp3) is 0.348. The summed E-state index contributed by atoms with van der Waals surface area (Å²) in [5, 5.41) is 4.20. The number of carbonyl (C=O) groups excluding carboxylic acids is 2. The van der Waals surface area contributed by atoms with E-state index in [0.717, 1.165) is 18.4 Å². The molecule has 0 N–H and O–H groups in total. The predicted molar refractivity (Wildman–Crippen MR) is 111 cm³/mol. The normalized spacial score (nSPS) is 17.1. The Morgan fingerprint density at radius 1 is 0.966 bits per heavy atom. The summed E-state index contributed by atoms with van der Waals surface area (Å²) in [5.41, 5.74) is 1.17. The lowest BCUT2D eigenvalue weighted by Gasteiger charge is -2.29. The summed E-state index contributed by atoms with van der Waals surface area (Å²) in [7, 11) is 0. The molecule has 1 amide bonds. The van der Waals surface area contributed by atoms with E-state index in [-0.39, 0.29) is 6.04 Å². The van der Waals surface area contributed by atoms with Crippen molar-refractivity contribution in [2.75, 3.05) is 6.54 Å². The Morgan fingerprint density at radius 2 is 1.55 bits per heavy atom. The fourth-order valence-corrected chi connectivity index (χ4v) is 3.22. The minimum Gasteiger partial charge on any atom is -0.444 e. The highest BCUT2D eigenvalue weighted by atomic mass is 16.7. The maximum atomic E-state index is 12.7. The predicted octanol–water partition coefficient (Wildman–Crippen LogP) is 4.65. The molecule has 6 nitrogen and oxygen atoms in total. The van der Waals surface area contributed by atoms with Crippen LogP contribution in [0.25, 0.3) is 0 Å². The molecular formula is C23H26N2O4. The molecule has 0 aromatic heterocycles. The van der Waals surface area contributed by atoms with Gasteiger partial charge in [0.2, 0.25) is 0 Å². The van der Waals surface area contributed by atoms with Gasteiger partial charge in [-0.25, -0.2) is 9.59 Å². The smallest absolute Gasteiger partial charge is 0.410 e. The van der Waals surface area contributed by atoms with Gasteiger partial charge in [-0.15, -0.1) is 0 Å². The average molecular weight is 394 g/mol. The zero-order valence-corrected chi connectivity index (χ0v) is 17.0. The number of rotatable bonds is 4. The van der Waals surface area contributed by atoms with E-state index in [1.165, 1.54) is 0 Å². The van der Waals surface area contributed by atoms with Crippen LogP contribution in [0.2, 0.25) is 0 Å². The SMILES string of the molecule is CC(C)(C)OC(=O)N1CCCC1/C(=N/OC(=O)c1ccccc1)c1ccccc1. The van der Waals surface area contributed by atoms with E-state index in [1.807, 2.05) is 57.2 Å². The quantitative estimate of drug-likeness (QED) is 0.430. The number of carbonyl (C=O) groups is 2. The number of amides is 1. The van der Waals surface area contributed by atoms with Gasteiger partial charge in [0.15, 0.2) is 0 Å². The van der Waals surface area contributed by atoms with Crippen molar-refractivity contribution in [3.8, 4) is 0 Å². The van der Waals surface area contributed by atoms with E-state index < -0.39 is 17.7 Å². The first-order valence-corrected chi connectivity index (χ1v) is 9.74. The zero-order chi connectivity index (χ0) is 20.9. The Balaban J connectivity index is 1.87. The molecule has 1 saturated heterocycles. The molecular weight excluding hydrogens is 368 g/mol. The summed E-state index contributed by atoms with van der Waals surface area (Å²) in [6.07, 6.45) is 1.15. The summed E-state index contributed by atoms with van der Waals surface area (Å²) >= 11 is 0. The maximum absolute atomic E-state index is 12.7. The summed E-state index contributed by atoms with van der Waals surface area (Å²) in [6, 6.07) is 17.8. The van der Waals surface area contributed by atoms with Crippen LogP contribution in [-0.2, 0) is 9.57 Å². The van der Waals surface area contributed by atoms with Gasteiger partial charge in [-0.1, -0.05) is 53.7 Å². The number of ether oxygens (including phenoxy) is 1. The molecule has 6 heteroatoms. The van der Waals surface area contributed by atoms with E-state index in [0.29, 0.717) is 17.8 Å². The van der Waals surface area contributed by atoms with E-state index in [4.69, 9.17) is 9.57 Å². The Kier molecular flexibility index (Phi) is 6.32. The van der Waals surface area contributed by atoms with E-state index in [2.05, 4.69) is 5.16 Å². The highest BCUT2D eigenvalue weighted by molar-refractivity contribution is 6.06. The summed E-state index contributed by atoms with van der Waals surface area (Å²) in [6.45, 7) is 6.08. The van der Waals surface area contributed by atoms with Crippen LogP contribution < -0.4 is 0 Å². The van der Waals surface area contributed by atoms with E-state index >= 15 is 0 Å². The Morgan fingerprint density at radius 3 is 2.14 bits per heavy atom. The largest absolute Gasteiger partial charge is 0.444 e. The molecule has 0 saturated carbocycles. The molecule has 1 heterocycles. The molecule has 1 unspecified atom stereocenters. The van der Waals surface area contributed by atoms with Crippen molar-refractivity contribution in [2.45, 2.75) is 45.3 Å². The first-order valence-electron chi connectivity index (χ1n) is 9.74. The standard InChI is InChI=1S/C23H26N2O4/c1-23(2,3)28-22(27)25-16-10-15-19(25)20(17-11-6-4-7-12-17)24-29-21(26)18-13-8-5-9-14-18/h4-9,11-14,19H,10,15-16H2,1-3H3/b24-20+. The first kappa shape index (κ1) is 20.6. The Bertz CT molecular complexity index is 873. The number of hydrogen-bond donors (Lipinski definition) is 0. The number of likely N-dealkylation sites (tertiary alicyclic amines) is 1. The van der Waals surface area contributed by atoms with E-state index in [1.54, 1.807) is 29.2 Å². The van der Waals surface area contributed by atoms with Crippen LogP contribution in [-0.4, -0.2) is 40.9 Å². The number of benzene rings is 2. The van der Waals surface area contributed by atoms with Crippen molar-refractivity contribution >= 4 is 17.8 Å². The van der Waals surface area contributed by atoms with Crippen LogP contribution >= 0.6 is 0 Å². The zero-order valence-electron chi connectivity index (χ0n) is 17.0. The van der Waals surface area contributed by atoms with Crippen molar-refractivity contribution in [1.29, 1.82) is 0 Å². The minimum absolute atomic E-state index is 0.323. The van der Waals surface area contributed by atoms with Gasteiger partial charge in [0.05, 0.1) is 11.6 Å². The molecule has 2 aromatic rings. The number of nitrogens with zero attached hydrogens (tertiary/aromatic N) is 2. The molecule has 1 aliphatic heterocycles. The van der Waals surface area contributed by atoms with Crippen LogP contribution in [0, 0.1) is 0 Å². The highest BCUT2D eigenvalue weighted by Crippen LogP contribution is 2.25. The van der Waals surface area contributed by atoms with Gasteiger partial charge in [-0.05, 0) is 45.7 Å². The second-order valence-corrected chi connectivity index (χ2v) is 7.92. The van der Waals surface area contributed by atoms with Crippen LogP contribution in [0.1, 0.15) is 49.5 Å². The minimum atomic E-state index is -0.589. The summed E-state index contributed by atoms with van der Waals surface area (Å²) in [5.74, 6) is -0.541. The molecule has 1 fully saturated rings. The van der Waals surface area contributed by atoms with E-state index in [9.17, 15) is 9.59 Å². The second-order valence-electron chi connectivity index (χ2n) is 7.92. The van der Waals surface area contributed by atoms with Crippen molar-refractivity contribution in [3.63, 3.8) is 0 Å². The number of oxime groups is 1. The number of hydrogen-bond acceptors (Lipinski definition) is 5. The molecule has 0 bridgehead atoms. The van der Waals surface area contributed by atoms with Gasteiger partial charge in [0.1, 0.15) is 11.3 Å². The van der Waals surface area contributed by atoms with Crippen molar-refractivity contribution < 1.29 is 19.2 Å². The van der Waals surface area contributed by atoms with Gasteiger partial charge in [-0.2, -0.15) is 0 Å². The molecule has 1 atom stereocenters. The molecule has 1 aliphatic rings. The van der Waals surface area contributed by atoms with Crippen molar-refractivity contribution in [2.24, 2.45) is 5.16 Å². The molecule has 29 heavy (non-hydrogen) atoms. The molecule has 3 rings (SSSR count). The maximum Gasteiger partial charge on any atom is 0.410 e. The van der Waals surface area contributed by atoms with Crippen molar-refractivity contribution in [1.82, 2.24) is 4.90 Å². The van der Waals surface area contributed by atoms with Crippen molar-refractivity contribution in [3.05, 3.63) is 71.8 Å². The third-order valence-electron chi connectivity index (χ3n) is 4.50. The third-order valence-corrected chi connectivity index (χ3v) is 4.50. The summed E-state index contributed by atoms with van der Waals surface area (Å²) in [4.78, 5) is 32.0. The third kappa shape index (κ3) is 5.44. The topological polar surface area (TPSA) is 68.2 Å². The Hall–Kier alpha value is -3.15. The second kappa shape index (κ2) is 8.90. The fourth-order valence-electron chi connectivity index (χ4n) is 3.22. The van der Waals surface area contributed by atoms with Crippen LogP contribution in [0.3, 0.4) is 0 Å². The lowest BCUT2D eigenvalue weighted by atomic mass is 10.0.